The first-order valence-electron chi connectivity index (χ1n) is 7.29. The zero-order chi connectivity index (χ0) is 21.1. The van der Waals surface area contributed by atoms with E-state index in [9.17, 15) is 39.6 Å². The predicted octanol–water partition coefficient (Wildman–Crippen LogP) is -4.67. The Morgan fingerprint density at radius 3 is 1.10 bits per heavy atom. The van der Waals surface area contributed by atoms with Crippen LogP contribution in [0.15, 0.2) is 32.1 Å². The van der Waals surface area contributed by atoms with Gasteiger partial charge in [0.2, 0.25) is 0 Å². The van der Waals surface area contributed by atoms with E-state index < -0.39 is 46.1 Å². The molecule has 0 fully saturated rings. The maximum absolute atomic E-state index is 10.7. The summed E-state index contributed by atoms with van der Waals surface area (Å²) in [5.41, 5.74) is -4.73. The van der Waals surface area contributed by atoms with E-state index in [-0.39, 0.29) is 33.0 Å². The quantitative estimate of drug-likeness (QED) is 0.363. The average molecular weight is 504 g/mol. The minimum atomic E-state index is -2.18. The molecule has 0 radical (unpaired) electrons. The molecule has 0 saturated heterocycles. The van der Waals surface area contributed by atoms with Crippen LogP contribution in [-0.2, 0) is 33.0 Å². The summed E-state index contributed by atoms with van der Waals surface area (Å²) in [7, 11) is 0. The molecule has 2 heterocycles. The Balaban J connectivity index is 0. The molecule has 3 rings (SSSR count). The van der Waals surface area contributed by atoms with Crippen molar-refractivity contribution in [3.63, 3.8) is 0 Å². The van der Waals surface area contributed by atoms with Gasteiger partial charge in [0, 0.05) is 34.7 Å². The van der Waals surface area contributed by atoms with Crippen molar-refractivity contribution in [2.45, 2.75) is 0 Å². The summed E-state index contributed by atoms with van der Waals surface area (Å²) < 4.78 is 0. The van der Waals surface area contributed by atoms with E-state index >= 15 is 0 Å². The van der Waals surface area contributed by atoms with Gasteiger partial charge in [-0.3, -0.25) is 9.98 Å². The molecule has 2 aliphatic rings. The molecule has 0 N–H and O–H groups in total. The zero-order valence-electron chi connectivity index (χ0n) is 14.6. The van der Waals surface area contributed by atoms with Gasteiger partial charge in [-0.1, -0.05) is 12.1 Å². The minimum absolute atomic E-state index is 0. The fourth-order valence-corrected chi connectivity index (χ4v) is 1.84. The van der Waals surface area contributed by atoms with E-state index in [1.807, 2.05) is 0 Å². The number of carboxylic acids is 4. The Morgan fingerprint density at radius 2 is 0.967 bits per heavy atom. The molecule has 12 nitrogen and oxygen atoms in total. The van der Waals surface area contributed by atoms with Crippen molar-refractivity contribution in [1.29, 1.82) is 0 Å². The smallest absolute Gasteiger partial charge is 0.545 e. The van der Waals surface area contributed by atoms with Gasteiger partial charge in [0.15, 0.2) is 0 Å². The number of nitrogens with zero attached hydrogens (tertiary/aromatic N) is 4. The number of carbonyl (C=O) groups is 4. The molecule has 0 saturated carbocycles. The van der Waals surface area contributed by atoms with Crippen LogP contribution < -0.4 is 20.4 Å². The second-order valence-electron chi connectivity index (χ2n) is 4.69. The van der Waals surface area contributed by atoms with E-state index in [1.54, 1.807) is 25.1 Å². The van der Waals surface area contributed by atoms with Gasteiger partial charge in [-0.25, -0.2) is 9.98 Å². The van der Waals surface area contributed by atoms with Crippen LogP contribution in [-0.4, -0.2) is 62.1 Å². The van der Waals surface area contributed by atoms with Crippen molar-refractivity contribution in [2.75, 3.05) is 13.1 Å². The number of carbonyl (C=O) groups excluding carboxylic acids is 4. The number of hydrogen-bond acceptors (Lipinski definition) is 12. The molecule has 0 aromatic heterocycles. The predicted molar refractivity (Wildman–Crippen MR) is 87.5 cm³/mol. The SMILES string of the molecule is C1=NC=NC1.C1=NC=NC1.O=C([O-])c1ccc(C(=O)[O-])c(C(=O)[O-])c1C(=O)[O-].[Ni+2].[Ni+2]. The molecule has 162 valence electrons. The van der Waals surface area contributed by atoms with Crippen LogP contribution in [0, 0.1) is 0 Å². The van der Waals surface area contributed by atoms with Crippen LogP contribution in [0.2, 0.25) is 0 Å². The van der Waals surface area contributed by atoms with Gasteiger partial charge < -0.3 is 39.6 Å². The molecule has 0 aliphatic carbocycles. The molecule has 0 unspecified atom stereocenters. The normalized spacial score (nSPS) is 11.7. The van der Waals surface area contributed by atoms with Gasteiger partial charge in [-0.2, -0.15) is 0 Å². The monoisotopic (exact) mass is 502 g/mol. The van der Waals surface area contributed by atoms with Crippen molar-refractivity contribution in [3.05, 3.63) is 34.4 Å². The Kier molecular flexibility index (Phi) is 14.2. The first-order valence-corrected chi connectivity index (χ1v) is 7.29. The standard InChI is InChI=1S/C10H6O8.2C3H4N2.2Ni/c11-7(12)3-1-2-4(8(13)14)6(10(17)18)5(3)9(15)16;2*1-2-5-3-4-1;;/h1-2H,(H,11,12)(H,13,14)(H,15,16)(H,17,18);2*1,3H,2H2;;/q;;;2*+2/p-4. The minimum Gasteiger partial charge on any atom is -0.545 e. The summed E-state index contributed by atoms with van der Waals surface area (Å²) in [5, 5.41) is 42.6. The number of aromatic carboxylic acids is 4. The summed E-state index contributed by atoms with van der Waals surface area (Å²) in [4.78, 5) is 57.5. The zero-order valence-corrected chi connectivity index (χ0v) is 16.5. The molecular formula is C16H10N4Ni2O8. The first kappa shape index (κ1) is 29.0. The molecule has 0 bridgehead atoms. The Morgan fingerprint density at radius 1 is 0.633 bits per heavy atom. The van der Waals surface area contributed by atoms with Crippen LogP contribution in [0.25, 0.3) is 0 Å². The van der Waals surface area contributed by atoms with Gasteiger partial charge in [-0.15, -0.1) is 0 Å². The third kappa shape index (κ3) is 8.85. The van der Waals surface area contributed by atoms with Gasteiger partial charge in [0.25, 0.3) is 0 Å². The van der Waals surface area contributed by atoms with E-state index in [2.05, 4.69) is 20.0 Å². The van der Waals surface area contributed by atoms with Crippen molar-refractivity contribution in [2.24, 2.45) is 20.0 Å². The van der Waals surface area contributed by atoms with Gasteiger partial charge in [0.05, 0.1) is 37.0 Å². The summed E-state index contributed by atoms with van der Waals surface area (Å²) >= 11 is 0. The summed E-state index contributed by atoms with van der Waals surface area (Å²) in [5.74, 6) is -8.36. The van der Waals surface area contributed by atoms with Crippen molar-refractivity contribution in [3.8, 4) is 0 Å². The number of benzene rings is 1. The summed E-state index contributed by atoms with van der Waals surface area (Å²) in [6, 6.07) is 1.14. The maximum atomic E-state index is 10.7. The second-order valence-corrected chi connectivity index (χ2v) is 4.69. The third-order valence-corrected chi connectivity index (χ3v) is 2.93. The Bertz CT molecular complexity index is 820. The molecule has 14 heteroatoms. The average Bonchev–Trinajstić information content (AvgIpc) is 3.37. The van der Waals surface area contributed by atoms with Gasteiger partial charge in [-0.05, 0) is 0 Å². The summed E-state index contributed by atoms with van der Waals surface area (Å²) in [6.07, 6.45) is 6.64. The molecule has 30 heavy (non-hydrogen) atoms. The second kappa shape index (κ2) is 14.7. The maximum Gasteiger partial charge on any atom is 2.00 e. The van der Waals surface area contributed by atoms with E-state index in [1.165, 1.54) is 0 Å². The molecule has 2 aliphatic heterocycles. The molecule has 1 aromatic carbocycles. The van der Waals surface area contributed by atoms with Crippen molar-refractivity contribution < 1.29 is 72.6 Å². The molecule has 0 spiro atoms. The Labute approximate surface area is 189 Å². The number of hydrogen-bond donors (Lipinski definition) is 0. The van der Waals surface area contributed by atoms with E-state index in [0.717, 1.165) is 13.1 Å². The van der Waals surface area contributed by atoms with Crippen LogP contribution >= 0.6 is 0 Å². The van der Waals surface area contributed by atoms with Crippen LogP contribution in [0.5, 0.6) is 0 Å². The van der Waals surface area contributed by atoms with Crippen molar-refractivity contribution >= 4 is 49.0 Å². The third-order valence-electron chi connectivity index (χ3n) is 2.93. The first-order chi connectivity index (χ1) is 13.3. The van der Waals surface area contributed by atoms with E-state index in [4.69, 9.17) is 0 Å². The summed E-state index contributed by atoms with van der Waals surface area (Å²) in [6.45, 7) is 1.56. The molecule has 0 atom stereocenters. The van der Waals surface area contributed by atoms with E-state index in [0.29, 0.717) is 12.1 Å². The largest absolute Gasteiger partial charge is 2.00 e. The van der Waals surface area contributed by atoms with Crippen LogP contribution in [0.3, 0.4) is 0 Å². The fraction of sp³-hybridized carbons (Fsp3) is 0.125. The number of aliphatic imine (C=N–C) groups is 4. The van der Waals surface area contributed by atoms with Crippen LogP contribution in [0.4, 0.5) is 0 Å². The fourth-order valence-electron chi connectivity index (χ4n) is 1.84. The Hall–Kier alpha value is -3.23. The molecule has 1 aromatic rings. The van der Waals surface area contributed by atoms with Gasteiger partial charge >= 0.3 is 33.0 Å². The molecule has 0 amide bonds. The molecular weight excluding hydrogens is 494 g/mol. The van der Waals surface area contributed by atoms with Crippen LogP contribution in [0.1, 0.15) is 41.4 Å². The van der Waals surface area contributed by atoms with Crippen molar-refractivity contribution in [1.82, 2.24) is 0 Å². The topological polar surface area (TPSA) is 210 Å². The number of carboxylic acid groups (broad SMARTS) is 4. The van der Waals surface area contributed by atoms with Gasteiger partial charge in [0.1, 0.15) is 12.7 Å². The number of rotatable bonds is 4.